The van der Waals surface area contributed by atoms with Gasteiger partial charge in [-0.15, -0.1) is 0 Å². The molecule has 9 nitrogen and oxygen atoms in total. The molecule has 0 unspecified atom stereocenters. The second kappa shape index (κ2) is 11.7. The molecule has 0 spiro atoms. The van der Waals surface area contributed by atoms with E-state index in [2.05, 4.69) is 14.5 Å². The van der Waals surface area contributed by atoms with E-state index >= 15 is 0 Å². The van der Waals surface area contributed by atoms with Crippen LogP contribution in [0, 0.1) is 5.92 Å². The maximum atomic E-state index is 12.8. The molecule has 0 amide bonds. The van der Waals surface area contributed by atoms with E-state index in [9.17, 15) is 23.2 Å². The molecule has 3 rings (SSSR count). The number of nitrogens with zero attached hydrogens (tertiary/aromatic N) is 1. The van der Waals surface area contributed by atoms with E-state index in [4.69, 9.17) is 13.9 Å². The minimum Gasteiger partial charge on any atom is -0.484 e. The van der Waals surface area contributed by atoms with E-state index in [1.165, 1.54) is 24.5 Å². The largest absolute Gasteiger partial charge is 0.484 e. The Bertz CT molecular complexity index is 1160. The van der Waals surface area contributed by atoms with Crippen LogP contribution in [0.15, 0.2) is 59.2 Å². The molecule has 0 N–H and O–H groups in total. The van der Waals surface area contributed by atoms with Crippen LogP contribution in [0.2, 0.25) is 0 Å². The lowest BCUT2D eigenvalue weighted by atomic mass is 10.0. The molecule has 184 valence electrons. The van der Waals surface area contributed by atoms with Crippen LogP contribution in [0.25, 0.3) is 11.5 Å². The van der Waals surface area contributed by atoms with Gasteiger partial charge in [-0.1, -0.05) is 18.2 Å². The monoisotopic (exact) mass is 489 g/mol. The molecule has 0 saturated carbocycles. The van der Waals surface area contributed by atoms with Crippen LogP contribution in [-0.2, 0) is 25.5 Å². The minimum atomic E-state index is -2.77. The standard InChI is InChI=1S/C24H21F2NO8/c1-31-23(29)17(24(30)32-2)11-16-12-34-21(27-16)15-8-9-18(19(10-15)33-13-20(25)26)35-22(28)14-6-4-3-5-7-14/h3-10,12,17,20H,11,13H2,1-2H3. The van der Waals surface area contributed by atoms with Crippen LogP contribution in [0.4, 0.5) is 8.78 Å². The summed E-state index contributed by atoms with van der Waals surface area (Å²) in [4.78, 5) is 40.4. The lowest BCUT2D eigenvalue weighted by Crippen LogP contribution is -2.28. The number of benzene rings is 2. The zero-order valence-electron chi connectivity index (χ0n) is 18.7. The fraction of sp³-hybridized carbons (Fsp3) is 0.250. The number of halogens is 2. The van der Waals surface area contributed by atoms with Gasteiger partial charge in [-0.2, -0.15) is 0 Å². The first-order valence-corrected chi connectivity index (χ1v) is 10.2. The van der Waals surface area contributed by atoms with Gasteiger partial charge in [0, 0.05) is 12.0 Å². The Morgan fingerprint density at radius 1 is 0.971 bits per heavy atom. The number of carbonyl (C=O) groups is 3. The molecule has 0 bridgehead atoms. The van der Waals surface area contributed by atoms with Gasteiger partial charge in [-0.25, -0.2) is 18.6 Å². The normalized spacial score (nSPS) is 10.8. The van der Waals surface area contributed by atoms with Crippen LogP contribution >= 0.6 is 0 Å². The number of ether oxygens (including phenoxy) is 4. The fourth-order valence-corrected chi connectivity index (χ4v) is 3.01. The highest BCUT2D eigenvalue weighted by Gasteiger charge is 2.30. The average Bonchev–Trinajstić information content (AvgIpc) is 3.34. The summed E-state index contributed by atoms with van der Waals surface area (Å²) in [5, 5.41) is 0. The van der Waals surface area contributed by atoms with E-state index in [0.717, 1.165) is 14.2 Å². The molecule has 35 heavy (non-hydrogen) atoms. The third-order valence-electron chi connectivity index (χ3n) is 4.70. The lowest BCUT2D eigenvalue weighted by Gasteiger charge is -2.12. The van der Waals surface area contributed by atoms with Crippen molar-refractivity contribution in [2.75, 3.05) is 20.8 Å². The van der Waals surface area contributed by atoms with E-state index in [1.807, 2.05) is 0 Å². The van der Waals surface area contributed by atoms with Gasteiger partial charge in [0.2, 0.25) is 5.89 Å². The Kier molecular flexibility index (Phi) is 8.49. The molecule has 11 heteroatoms. The molecule has 0 aliphatic rings. The van der Waals surface area contributed by atoms with Crippen LogP contribution in [0.3, 0.4) is 0 Å². The molecule has 0 radical (unpaired) electrons. The van der Waals surface area contributed by atoms with E-state index in [0.29, 0.717) is 5.56 Å². The zero-order valence-corrected chi connectivity index (χ0v) is 18.7. The van der Waals surface area contributed by atoms with Crippen molar-refractivity contribution < 1.29 is 46.5 Å². The van der Waals surface area contributed by atoms with Crippen molar-refractivity contribution in [3.8, 4) is 23.0 Å². The molecule has 0 aliphatic heterocycles. The Labute approximate surface area is 198 Å². The van der Waals surface area contributed by atoms with Crippen molar-refractivity contribution in [1.82, 2.24) is 4.98 Å². The molecule has 0 saturated heterocycles. The van der Waals surface area contributed by atoms with Gasteiger partial charge >= 0.3 is 17.9 Å². The number of alkyl halides is 2. The summed E-state index contributed by atoms with van der Waals surface area (Å²) in [6, 6.07) is 12.3. The van der Waals surface area contributed by atoms with Gasteiger partial charge in [0.1, 0.15) is 12.9 Å². The van der Waals surface area contributed by atoms with Crippen LogP contribution in [-0.4, -0.2) is 50.1 Å². The quantitative estimate of drug-likeness (QED) is 0.239. The topological polar surface area (TPSA) is 114 Å². The third-order valence-corrected chi connectivity index (χ3v) is 4.70. The van der Waals surface area contributed by atoms with Gasteiger partial charge in [0.25, 0.3) is 6.43 Å². The van der Waals surface area contributed by atoms with Crippen molar-refractivity contribution in [3.63, 3.8) is 0 Å². The summed E-state index contributed by atoms with van der Waals surface area (Å²) in [6.45, 7) is -0.934. The Morgan fingerprint density at radius 2 is 1.66 bits per heavy atom. The average molecular weight is 489 g/mol. The minimum absolute atomic E-state index is 0.0521. The second-order valence-electron chi connectivity index (χ2n) is 7.07. The van der Waals surface area contributed by atoms with Crippen LogP contribution in [0.1, 0.15) is 16.1 Å². The zero-order chi connectivity index (χ0) is 25.4. The Balaban J connectivity index is 1.85. The summed E-state index contributed by atoms with van der Waals surface area (Å²) in [7, 11) is 2.28. The van der Waals surface area contributed by atoms with Crippen molar-refractivity contribution >= 4 is 17.9 Å². The maximum Gasteiger partial charge on any atom is 0.343 e. The molecular weight excluding hydrogens is 468 g/mol. The van der Waals surface area contributed by atoms with Crippen LogP contribution < -0.4 is 9.47 Å². The molecule has 3 aromatic rings. The number of rotatable bonds is 10. The third kappa shape index (κ3) is 6.62. The SMILES string of the molecule is COC(=O)C(Cc1coc(-c2ccc(OC(=O)c3ccccc3)c(OCC(F)F)c2)n1)C(=O)OC. The second-order valence-corrected chi connectivity index (χ2v) is 7.07. The highest BCUT2D eigenvalue weighted by Crippen LogP contribution is 2.33. The maximum absolute atomic E-state index is 12.8. The van der Waals surface area contributed by atoms with Gasteiger partial charge < -0.3 is 23.4 Å². The fourth-order valence-electron chi connectivity index (χ4n) is 3.01. The molecule has 1 heterocycles. The number of esters is 3. The summed E-state index contributed by atoms with van der Waals surface area (Å²) < 4.78 is 50.7. The first kappa shape index (κ1) is 25.3. The van der Waals surface area contributed by atoms with Gasteiger partial charge in [-0.3, -0.25) is 9.59 Å². The first-order chi connectivity index (χ1) is 16.8. The van der Waals surface area contributed by atoms with Gasteiger partial charge in [-0.05, 0) is 30.3 Å². The summed E-state index contributed by atoms with van der Waals surface area (Å²) in [5.74, 6) is -3.69. The number of carbonyl (C=O) groups excluding carboxylic acids is 3. The molecule has 1 aromatic heterocycles. The number of hydrogen-bond donors (Lipinski definition) is 0. The van der Waals surface area contributed by atoms with E-state index < -0.39 is 36.9 Å². The number of aromatic nitrogens is 1. The van der Waals surface area contributed by atoms with E-state index in [1.54, 1.807) is 30.3 Å². The predicted molar refractivity (Wildman–Crippen MR) is 116 cm³/mol. The summed E-state index contributed by atoms with van der Waals surface area (Å²) in [5.41, 5.74) is 0.822. The predicted octanol–water partition coefficient (Wildman–Crippen LogP) is 3.71. The first-order valence-electron chi connectivity index (χ1n) is 10.2. The highest BCUT2D eigenvalue weighted by atomic mass is 19.3. The summed E-state index contributed by atoms with van der Waals surface area (Å²) >= 11 is 0. The number of oxazole rings is 1. The van der Waals surface area contributed by atoms with Crippen molar-refractivity contribution in [2.24, 2.45) is 5.92 Å². The van der Waals surface area contributed by atoms with Gasteiger partial charge in [0.15, 0.2) is 17.4 Å². The molecule has 0 aliphatic carbocycles. The van der Waals surface area contributed by atoms with E-state index in [-0.39, 0.29) is 35.1 Å². The molecule has 0 fully saturated rings. The lowest BCUT2D eigenvalue weighted by molar-refractivity contribution is -0.158. The molecule has 0 atom stereocenters. The molecular formula is C24H21F2NO8. The number of methoxy groups -OCH3 is 2. The van der Waals surface area contributed by atoms with Crippen molar-refractivity contribution in [2.45, 2.75) is 12.8 Å². The van der Waals surface area contributed by atoms with Gasteiger partial charge in [0.05, 0.1) is 25.5 Å². The Morgan fingerprint density at radius 3 is 2.29 bits per heavy atom. The smallest absolute Gasteiger partial charge is 0.343 e. The van der Waals surface area contributed by atoms with Crippen molar-refractivity contribution in [3.05, 3.63) is 66.1 Å². The van der Waals surface area contributed by atoms with Crippen LogP contribution in [0.5, 0.6) is 11.5 Å². The highest BCUT2D eigenvalue weighted by molar-refractivity contribution is 5.95. The Hall–Kier alpha value is -4.28. The molecule has 2 aromatic carbocycles. The van der Waals surface area contributed by atoms with Crippen molar-refractivity contribution in [1.29, 1.82) is 0 Å². The number of hydrogen-bond acceptors (Lipinski definition) is 9. The summed E-state index contributed by atoms with van der Waals surface area (Å²) in [6.07, 6.45) is -1.68.